The summed E-state index contributed by atoms with van der Waals surface area (Å²) >= 11 is 0. The van der Waals surface area contributed by atoms with Crippen LogP contribution < -0.4 is 9.47 Å². The van der Waals surface area contributed by atoms with Gasteiger partial charge < -0.3 is 19.5 Å². The number of methoxy groups -OCH3 is 1. The third-order valence-corrected chi connectivity index (χ3v) is 4.49. The average Bonchev–Trinajstić information content (AvgIpc) is 3.38. The third-order valence-electron chi connectivity index (χ3n) is 4.49. The second-order valence-corrected chi connectivity index (χ2v) is 6.18. The molecule has 1 N–H and O–H groups in total. The Morgan fingerprint density at radius 3 is 2.74 bits per heavy atom. The van der Waals surface area contributed by atoms with E-state index in [1.165, 1.54) is 4.90 Å². The van der Waals surface area contributed by atoms with Gasteiger partial charge >= 0.3 is 5.97 Å². The van der Waals surface area contributed by atoms with Gasteiger partial charge in [0.15, 0.2) is 0 Å². The van der Waals surface area contributed by atoms with Crippen molar-refractivity contribution in [1.82, 2.24) is 4.90 Å². The fourth-order valence-corrected chi connectivity index (χ4v) is 3.03. The molecule has 0 spiro atoms. The Labute approximate surface area is 135 Å². The van der Waals surface area contributed by atoms with Gasteiger partial charge in [-0.15, -0.1) is 0 Å². The molecule has 23 heavy (non-hydrogen) atoms. The van der Waals surface area contributed by atoms with Crippen LogP contribution in [0.1, 0.15) is 25.3 Å². The molecule has 6 nitrogen and oxygen atoms in total. The molecule has 1 heterocycles. The zero-order chi connectivity index (χ0) is 16.6. The van der Waals surface area contributed by atoms with Crippen molar-refractivity contribution in [1.29, 1.82) is 0 Å². The van der Waals surface area contributed by atoms with Crippen molar-refractivity contribution in [2.45, 2.75) is 38.3 Å². The molecule has 6 heteroatoms. The molecule has 1 aromatic carbocycles. The summed E-state index contributed by atoms with van der Waals surface area (Å²) in [7, 11) is 1.59. The zero-order valence-corrected chi connectivity index (χ0v) is 13.3. The number of carbonyl (C=O) groups excluding carboxylic acids is 1. The van der Waals surface area contributed by atoms with E-state index in [0.29, 0.717) is 6.42 Å². The molecule has 3 rings (SSSR count). The Morgan fingerprint density at radius 1 is 1.39 bits per heavy atom. The highest BCUT2D eigenvalue weighted by Gasteiger charge is 2.41. The summed E-state index contributed by atoms with van der Waals surface area (Å²) in [4.78, 5) is 25.7. The molecular formula is C17H21NO5. The topological polar surface area (TPSA) is 76.1 Å². The number of ether oxygens (including phenoxy) is 2. The lowest BCUT2D eigenvalue weighted by molar-refractivity contribution is -0.152. The fraction of sp³-hybridized carbons (Fsp3) is 0.529. The Hall–Kier alpha value is -2.24. The van der Waals surface area contributed by atoms with Crippen LogP contribution in [0.15, 0.2) is 18.2 Å². The van der Waals surface area contributed by atoms with Crippen LogP contribution in [0.25, 0.3) is 0 Å². The zero-order valence-electron chi connectivity index (χ0n) is 13.3. The minimum absolute atomic E-state index is 0.0558. The lowest BCUT2D eigenvalue weighted by Gasteiger charge is -2.32. The summed E-state index contributed by atoms with van der Waals surface area (Å²) in [5.41, 5.74) is 0.924. The van der Waals surface area contributed by atoms with Gasteiger partial charge in [0.05, 0.1) is 13.0 Å². The maximum absolute atomic E-state index is 12.8. The van der Waals surface area contributed by atoms with Crippen LogP contribution in [0, 0.1) is 5.92 Å². The van der Waals surface area contributed by atoms with E-state index in [-0.39, 0.29) is 24.5 Å². The SMILES string of the molecule is COc1ccc2c(c1)CC(C(=O)N(C1CC1)C(C)C(=O)O)CO2. The Kier molecular flexibility index (Phi) is 4.15. The van der Waals surface area contributed by atoms with Gasteiger partial charge in [-0.25, -0.2) is 4.79 Å². The van der Waals surface area contributed by atoms with Crippen LogP contribution in [-0.4, -0.2) is 47.7 Å². The first-order valence-electron chi connectivity index (χ1n) is 7.86. The molecule has 1 aliphatic carbocycles. The summed E-state index contributed by atoms with van der Waals surface area (Å²) in [6.45, 7) is 1.85. The van der Waals surface area contributed by atoms with Gasteiger partial charge in [0, 0.05) is 6.04 Å². The smallest absolute Gasteiger partial charge is 0.326 e. The minimum atomic E-state index is -0.968. The number of rotatable bonds is 5. The molecule has 0 saturated heterocycles. The molecule has 1 aliphatic heterocycles. The van der Waals surface area contributed by atoms with Crippen LogP contribution in [0.2, 0.25) is 0 Å². The van der Waals surface area contributed by atoms with Crippen molar-refractivity contribution in [2.24, 2.45) is 5.92 Å². The van der Waals surface area contributed by atoms with E-state index in [0.717, 1.165) is 29.9 Å². The van der Waals surface area contributed by atoms with Crippen LogP contribution >= 0.6 is 0 Å². The molecule has 1 amide bonds. The summed E-state index contributed by atoms with van der Waals surface area (Å²) in [5, 5.41) is 9.26. The number of fused-ring (bicyclic) bond motifs is 1. The molecule has 1 fully saturated rings. The second-order valence-electron chi connectivity index (χ2n) is 6.18. The molecular weight excluding hydrogens is 298 g/mol. The maximum Gasteiger partial charge on any atom is 0.326 e. The monoisotopic (exact) mass is 319 g/mol. The maximum atomic E-state index is 12.8. The summed E-state index contributed by atoms with van der Waals surface area (Å²) in [6.07, 6.45) is 2.30. The van der Waals surface area contributed by atoms with Crippen LogP contribution in [0.4, 0.5) is 0 Å². The van der Waals surface area contributed by atoms with E-state index in [1.54, 1.807) is 14.0 Å². The van der Waals surface area contributed by atoms with Gasteiger partial charge in [-0.2, -0.15) is 0 Å². The van der Waals surface area contributed by atoms with E-state index >= 15 is 0 Å². The van der Waals surface area contributed by atoms with E-state index < -0.39 is 12.0 Å². The van der Waals surface area contributed by atoms with E-state index in [4.69, 9.17) is 9.47 Å². The average molecular weight is 319 g/mol. The summed E-state index contributed by atoms with van der Waals surface area (Å²) < 4.78 is 10.9. The minimum Gasteiger partial charge on any atom is -0.497 e. The van der Waals surface area contributed by atoms with Crippen molar-refractivity contribution < 1.29 is 24.2 Å². The molecule has 1 saturated carbocycles. The van der Waals surface area contributed by atoms with Crippen molar-refractivity contribution in [3.05, 3.63) is 23.8 Å². The lowest BCUT2D eigenvalue weighted by Crippen LogP contribution is -2.49. The number of nitrogens with zero attached hydrogens (tertiary/aromatic N) is 1. The van der Waals surface area contributed by atoms with Gasteiger partial charge in [-0.05, 0) is 49.9 Å². The summed E-state index contributed by atoms with van der Waals surface area (Å²) in [5.74, 6) is 0.0365. The Morgan fingerprint density at radius 2 is 2.13 bits per heavy atom. The first-order valence-corrected chi connectivity index (χ1v) is 7.86. The highest BCUT2D eigenvalue weighted by Crippen LogP contribution is 2.34. The normalized spacial score (nSPS) is 20.9. The molecule has 124 valence electrons. The molecule has 0 bridgehead atoms. The Bertz CT molecular complexity index is 625. The van der Waals surface area contributed by atoms with E-state index in [1.807, 2.05) is 18.2 Å². The number of amides is 1. The number of carboxylic acid groups (broad SMARTS) is 1. The van der Waals surface area contributed by atoms with E-state index in [9.17, 15) is 14.7 Å². The van der Waals surface area contributed by atoms with Crippen LogP contribution in [-0.2, 0) is 16.0 Å². The molecule has 1 aromatic rings. The number of hydrogen-bond acceptors (Lipinski definition) is 4. The number of carboxylic acids is 1. The van der Waals surface area contributed by atoms with Crippen molar-refractivity contribution >= 4 is 11.9 Å². The van der Waals surface area contributed by atoms with Crippen molar-refractivity contribution in [3.63, 3.8) is 0 Å². The number of carbonyl (C=O) groups is 2. The predicted molar refractivity (Wildman–Crippen MR) is 82.6 cm³/mol. The van der Waals surface area contributed by atoms with Crippen molar-refractivity contribution in [3.8, 4) is 11.5 Å². The molecule has 0 aromatic heterocycles. The molecule has 2 unspecified atom stereocenters. The third kappa shape index (κ3) is 3.11. The van der Waals surface area contributed by atoms with E-state index in [2.05, 4.69) is 0 Å². The highest BCUT2D eigenvalue weighted by atomic mass is 16.5. The standard InChI is InChI=1S/C17H21NO5/c1-10(17(20)21)18(13-3-4-13)16(19)12-7-11-8-14(22-2)5-6-15(11)23-9-12/h5-6,8,10,12-13H,3-4,7,9H2,1-2H3,(H,20,21). The van der Waals surface area contributed by atoms with Gasteiger partial charge in [0.1, 0.15) is 24.1 Å². The van der Waals surface area contributed by atoms with Crippen LogP contribution in [0.3, 0.4) is 0 Å². The van der Waals surface area contributed by atoms with Gasteiger partial charge in [0.25, 0.3) is 0 Å². The second kappa shape index (κ2) is 6.10. The largest absolute Gasteiger partial charge is 0.497 e. The van der Waals surface area contributed by atoms with Gasteiger partial charge in [0.2, 0.25) is 5.91 Å². The lowest BCUT2D eigenvalue weighted by atomic mass is 9.94. The summed E-state index contributed by atoms with van der Waals surface area (Å²) in [6, 6.07) is 4.79. The molecule has 0 radical (unpaired) electrons. The number of aliphatic carboxylic acids is 1. The number of hydrogen-bond donors (Lipinski definition) is 1. The first kappa shape index (κ1) is 15.6. The van der Waals surface area contributed by atoms with Gasteiger partial charge in [-0.3, -0.25) is 4.79 Å². The molecule has 2 aliphatic rings. The quantitative estimate of drug-likeness (QED) is 0.894. The highest BCUT2D eigenvalue weighted by molar-refractivity contribution is 5.86. The van der Waals surface area contributed by atoms with Crippen molar-refractivity contribution in [2.75, 3.05) is 13.7 Å². The number of benzene rings is 1. The van der Waals surface area contributed by atoms with Gasteiger partial charge in [-0.1, -0.05) is 0 Å². The fourth-order valence-electron chi connectivity index (χ4n) is 3.03. The Balaban J connectivity index is 1.78. The predicted octanol–water partition coefficient (Wildman–Crippen LogP) is 1.71. The molecule has 2 atom stereocenters. The van der Waals surface area contributed by atoms with Crippen LogP contribution in [0.5, 0.6) is 11.5 Å². The first-order chi connectivity index (χ1) is 11.0.